The number of nitro groups is 1. The van der Waals surface area contributed by atoms with Crippen LogP contribution in [0.2, 0.25) is 0 Å². The van der Waals surface area contributed by atoms with E-state index in [2.05, 4.69) is 20.6 Å². The van der Waals surface area contributed by atoms with Crippen LogP contribution in [0.4, 0.5) is 17.3 Å². The molecule has 7 nitrogen and oxygen atoms in total. The quantitative estimate of drug-likeness (QED) is 0.641. The van der Waals surface area contributed by atoms with Crippen molar-refractivity contribution in [3.05, 3.63) is 51.8 Å². The first-order valence-electron chi connectivity index (χ1n) is 6.08. The SMILES string of the molecule is CNc1ncnc(NCc2ccc(C)cc2)c1[N+](=O)[O-]. The number of nitrogens with one attached hydrogen (secondary N) is 2. The van der Waals surface area contributed by atoms with Crippen molar-refractivity contribution in [3.8, 4) is 0 Å². The van der Waals surface area contributed by atoms with E-state index in [4.69, 9.17) is 0 Å². The van der Waals surface area contributed by atoms with Crippen LogP contribution >= 0.6 is 0 Å². The molecule has 1 heterocycles. The molecule has 2 N–H and O–H groups in total. The fraction of sp³-hybridized carbons (Fsp3) is 0.231. The molecule has 0 unspecified atom stereocenters. The largest absolute Gasteiger partial charge is 0.367 e. The lowest BCUT2D eigenvalue weighted by Crippen LogP contribution is -2.08. The summed E-state index contributed by atoms with van der Waals surface area (Å²) in [4.78, 5) is 18.4. The van der Waals surface area contributed by atoms with Crippen molar-refractivity contribution in [3.63, 3.8) is 0 Å². The highest BCUT2D eigenvalue weighted by molar-refractivity contribution is 5.69. The maximum Gasteiger partial charge on any atom is 0.353 e. The zero-order chi connectivity index (χ0) is 14.5. The summed E-state index contributed by atoms with van der Waals surface area (Å²) in [6.45, 7) is 2.47. The van der Waals surface area contributed by atoms with Crippen LogP contribution in [-0.2, 0) is 6.54 Å². The number of rotatable bonds is 5. The summed E-state index contributed by atoms with van der Waals surface area (Å²) in [6.07, 6.45) is 1.29. The van der Waals surface area contributed by atoms with Crippen LogP contribution < -0.4 is 10.6 Å². The average Bonchev–Trinajstić information content (AvgIpc) is 2.46. The minimum Gasteiger partial charge on any atom is -0.367 e. The van der Waals surface area contributed by atoms with Gasteiger partial charge >= 0.3 is 5.69 Å². The van der Waals surface area contributed by atoms with Gasteiger partial charge in [-0.25, -0.2) is 9.97 Å². The van der Waals surface area contributed by atoms with E-state index >= 15 is 0 Å². The van der Waals surface area contributed by atoms with Crippen molar-refractivity contribution in [2.75, 3.05) is 17.7 Å². The molecular formula is C13H15N5O2. The third-order valence-electron chi connectivity index (χ3n) is 2.82. The zero-order valence-corrected chi connectivity index (χ0v) is 11.3. The maximum atomic E-state index is 11.1. The highest BCUT2D eigenvalue weighted by Gasteiger charge is 2.21. The van der Waals surface area contributed by atoms with E-state index in [9.17, 15) is 10.1 Å². The van der Waals surface area contributed by atoms with Gasteiger partial charge in [0.2, 0.25) is 11.6 Å². The standard InChI is InChI=1S/C13H15N5O2/c1-9-3-5-10(6-4-9)7-15-13-11(18(19)20)12(14-2)16-8-17-13/h3-6,8H,7H2,1-2H3,(H2,14,15,16,17). The molecule has 0 aliphatic rings. The van der Waals surface area contributed by atoms with Gasteiger partial charge in [0.15, 0.2) is 0 Å². The van der Waals surface area contributed by atoms with E-state index in [0.29, 0.717) is 6.54 Å². The molecule has 104 valence electrons. The summed E-state index contributed by atoms with van der Waals surface area (Å²) in [5.74, 6) is 0.395. The van der Waals surface area contributed by atoms with Gasteiger partial charge in [-0.15, -0.1) is 0 Å². The van der Waals surface area contributed by atoms with Gasteiger partial charge in [0.25, 0.3) is 0 Å². The van der Waals surface area contributed by atoms with Gasteiger partial charge in [-0.05, 0) is 12.5 Å². The summed E-state index contributed by atoms with van der Waals surface area (Å²) >= 11 is 0. The highest BCUT2D eigenvalue weighted by Crippen LogP contribution is 2.28. The first-order chi connectivity index (χ1) is 9.61. The molecule has 0 atom stereocenters. The minimum atomic E-state index is -0.497. The van der Waals surface area contributed by atoms with Crippen LogP contribution in [0, 0.1) is 17.0 Å². The Kier molecular flexibility index (Phi) is 4.09. The summed E-state index contributed by atoms with van der Waals surface area (Å²) in [5.41, 5.74) is 2.04. The van der Waals surface area contributed by atoms with Crippen LogP contribution in [0.15, 0.2) is 30.6 Å². The van der Waals surface area contributed by atoms with Crippen LogP contribution in [0.25, 0.3) is 0 Å². The lowest BCUT2D eigenvalue weighted by atomic mass is 10.1. The minimum absolute atomic E-state index is 0.151. The number of hydrogen-bond donors (Lipinski definition) is 2. The molecule has 0 bridgehead atoms. The Hall–Kier alpha value is -2.70. The Labute approximate surface area is 116 Å². The van der Waals surface area contributed by atoms with E-state index in [1.807, 2.05) is 31.2 Å². The zero-order valence-electron chi connectivity index (χ0n) is 11.3. The molecular weight excluding hydrogens is 258 g/mol. The van der Waals surface area contributed by atoms with Crippen molar-refractivity contribution in [2.24, 2.45) is 0 Å². The average molecular weight is 273 g/mol. The second-order valence-corrected chi connectivity index (χ2v) is 4.27. The number of aryl methyl sites for hydroxylation is 1. The smallest absolute Gasteiger partial charge is 0.353 e. The molecule has 0 aliphatic heterocycles. The molecule has 7 heteroatoms. The molecule has 0 saturated heterocycles. The number of hydrogen-bond acceptors (Lipinski definition) is 6. The van der Waals surface area contributed by atoms with E-state index in [1.54, 1.807) is 7.05 Å². The second kappa shape index (κ2) is 5.96. The molecule has 1 aromatic carbocycles. The molecule has 0 amide bonds. The van der Waals surface area contributed by atoms with Gasteiger partial charge in [0, 0.05) is 13.6 Å². The number of nitrogens with zero attached hydrogens (tertiary/aromatic N) is 3. The van der Waals surface area contributed by atoms with Gasteiger partial charge in [0.05, 0.1) is 4.92 Å². The van der Waals surface area contributed by atoms with Crippen molar-refractivity contribution in [1.82, 2.24) is 9.97 Å². The molecule has 0 radical (unpaired) electrons. The summed E-state index contributed by atoms with van der Waals surface area (Å²) in [6, 6.07) is 7.91. The number of aromatic nitrogens is 2. The Morgan fingerprint density at radius 3 is 2.45 bits per heavy atom. The molecule has 0 saturated carbocycles. The normalized spacial score (nSPS) is 10.1. The third kappa shape index (κ3) is 3.00. The van der Waals surface area contributed by atoms with Crippen molar-refractivity contribution in [2.45, 2.75) is 13.5 Å². The molecule has 2 rings (SSSR count). The van der Waals surface area contributed by atoms with Crippen molar-refractivity contribution < 1.29 is 4.92 Å². The van der Waals surface area contributed by atoms with E-state index < -0.39 is 4.92 Å². The monoisotopic (exact) mass is 273 g/mol. The molecule has 1 aromatic heterocycles. The van der Waals surface area contributed by atoms with E-state index in [0.717, 1.165) is 5.56 Å². The van der Waals surface area contributed by atoms with Crippen molar-refractivity contribution >= 4 is 17.3 Å². The summed E-state index contributed by atoms with van der Waals surface area (Å²) < 4.78 is 0. The lowest BCUT2D eigenvalue weighted by Gasteiger charge is -2.08. The fourth-order valence-corrected chi connectivity index (χ4v) is 1.76. The van der Waals surface area contributed by atoms with Gasteiger partial charge in [-0.2, -0.15) is 0 Å². The first kappa shape index (κ1) is 13.7. The molecule has 20 heavy (non-hydrogen) atoms. The fourth-order valence-electron chi connectivity index (χ4n) is 1.76. The lowest BCUT2D eigenvalue weighted by molar-refractivity contribution is -0.383. The van der Waals surface area contributed by atoms with Crippen LogP contribution in [0.1, 0.15) is 11.1 Å². The number of anilines is 2. The Bertz CT molecular complexity index is 613. The molecule has 0 aliphatic carbocycles. The Balaban J connectivity index is 2.21. The van der Waals surface area contributed by atoms with Crippen LogP contribution in [0.3, 0.4) is 0 Å². The van der Waals surface area contributed by atoms with Gasteiger partial charge in [-0.1, -0.05) is 29.8 Å². The summed E-state index contributed by atoms with van der Waals surface area (Å²) in [5, 5.41) is 16.8. The predicted octanol–water partition coefficient (Wildman–Crippen LogP) is 2.35. The molecule has 0 spiro atoms. The highest BCUT2D eigenvalue weighted by atomic mass is 16.6. The van der Waals surface area contributed by atoms with Gasteiger partial charge in [0.1, 0.15) is 6.33 Å². The Morgan fingerprint density at radius 1 is 1.20 bits per heavy atom. The van der Waals surface area contributed by atoms with Gasteiger partial charge < -0.3 is 10.6 Å². The van der Waals surface area contributed by atoms with Crippen LogP contribution in [-0.4, -0.2) is 21.9 Å². The first-order valence-corrected chi connectivity index (χ1v) is 6.08. The van der Waals surface area contributed by atoms with Crippen LogP contribution in [0.5, 0.6) is 0 Å². The van der Waals surface area contributed by atoms with Crippen molar-refractivity contribution in [1.29, 1.82) is 0 Å². The number of benzene rings is 1. The van der Waals surface area contributed by atoms with E-state index in [1.165, 1.54) is 11.9 Å². The van der Waals surface area contributed by atoms with Gasteiger partial charge in [-0.3, -0.25) is 10.1 Å². The Morgan fingerprint density at radius 2 is 1.85 bits per heavy atom. The third-order valence-corrected chi connectivity index (χ3v) is 2.82. The molecule has 2 aromatic rings. The molecule has 0 fully saturated rings. The topological polar surface area (TPSA) is 93.0 Å². The summed E-state index contributed by atoms with van der Waals surface area (Å²) in [7, 11) is 1.58. The predicted molar refractivity (Wildman–Crippen MR) is 76.7 cm³/mol. The maximum absolute atomic E-state index is 11.1. The van der Waals surface area contributed by atoms with E-state index in [-0.39, 0.29) is 17.3 Å². The second-order valence-electron chi connectivity index (χ2n) is 4.27.